The second-order valence-electron chi connectivity index (χ2n) is 6.97. The first-order chi connectivity index (χ1) is 13.3. The Morgan fingerprint density at radius 3 is 2.82 bits per heavy atom. The Balaban J connectivity index is 1.62. The van der Waals surface area contributed by atoms with Gasteiger partial charge in [0.1, 0.15) is 5.84 Å². The van der Waals surface area contributed by atoms with Crippen LogP contribution in [0.2, 0.25) is 0 Å². The van der Waals surface area contributed by atoms with Crippen molar-refractivity contribution in [3.8, 4) is 12.3 Å². The van der Waals surface area contributed by atoms with Crippen LogP contribution in [-0.4, -0.2) is 44.3 Å². The van der Waals surface area contributed by atoms with Crippen LogP contribution >= 0.6 is 0 Å². The summed E-state index contributed by atoms with van der Waals surface area (Å²) in [6.45, 7) is 0.797. The fourth-order valence-electron chi connectivity index (χ4n) is 3.04. The standard InChI is InChI=1S/C19H23N5O3S/c1-3-4-11-19(22-23-19)12-10-18(25)20-15-7-5-8-16(14-15)28(26,27)21-17-9-6-13-24(17)2/h1,5,7-8,14H,4,6,9-13H2,2H3,(H,20,25)/b21-17+. The monoisotopic (exact) mass is 401 g/mol. The number of amidine groups is 1. The van der Waals surface area contributed by atoms with Gasteiger partial charge in [0.05, 0.1) is 4.90 Å². The molecular weight excluding hydrogens is 378 g/mol. The molecule has 3 rings (SSSR count). The van der Waals surface area contributed by atoms with Crippen molar-refractivity contribution in [2.45, 2.75) is 49.1 Å². The molecule has 1 amide bonds. The van der Waals surface area contributed by atoms with Crippen LogP contribution in [0.5, 0.6) is 0 Å². The minimum atomic E-state index is -3.82. The minimum absolute atomic E-state index is 0.0517. The zero-order valence-electron chi connectivity index (χ0n) is 15.8. The maximum Gasteiger partial charge on any atom is 0.284 e. The summed E-state index contributed by atoms with van der Waals surface area (Å²) in [7, 11) is -2.00. The van der Waals surface area contributed by atoms with E-state index in [-0.39, 0.29) is 17.2 Å². The lowest BCUT2D eigenvalue weighted by molar-refractivity contribution is -0.116. The predicted molar refractivity (Wildman–Crippen MR) is 106 cm³/mol. The van der Waals surface area contributed by atoms with Gasteiger partial charge >= 0.3 is 0 Å². The Labute approximate surface area is 165 Å². The fourth-order valence-corrected chi connectivity index (χ4v) is 4.18. The summed E-state index contributed by atoms with van der Waals surface area (Å²) in [6, 6.07) is 6.12. The first kappa shape index (κ1) is 20.0. The zero-order valence-corrected chi connectivity index (χ0v) is 16.6. The second-order valence-corrected chi connectivity index (χ2v) is 8.57. The van der Waals surface area contributed by atoms with Crippen molar-refractivity contribution in [2.75, 3.05) is 18.9 Å². The van der Waals surface area contributed by atoms with E-state index in [4.69, 9.17) is 6.42 Å². The first-order valence-electron chi connectivity index (χ1n) is 9.16. The lowest BCUT2D eigenvalue weighted by Crippen LogP contribution is -2.20. The molecule has 1 N–H and O–H groups in total. The third-order valence-electron chi connectivity index (χ3n) is 4.78. The van der Waals surface area contributed by atoms with E-state index in [0.29, 0.717) is 37.2 Å². The van der Waals surface area contributed by atoms with Crippen LogP contribution in [0, 0.1) is 12.3 Å². The van der Waals surface area contributed by atoms with Crippen molar-refractivity contribution < 1.29 is 13.2 Å². The number of benzene rings is 1. The van der Waals surface area contributed by atoms with Gasteiger partial charge in [0.25, 0.3) is 10.0 Å². The highest BCUT2D eigenvalue weighted by atomic mass is 32.2. The molecule has 0 saturated carbocycles. The molecule has 0 spiro atoms. The number of hydrogen-bond donors (Lipinski definition) is 1. The summed E-state index contributed by atoms with van der Waals surface area (Å²) in [5, 5.41) is 10.7. The largest absolute Gasteiger partial charge is 0.362 e. The minimum Gasteiger partial charge on any atom is -0.362 e. The summed E-state index contributed by atoms with van der Waals surface area (Å²) >= 11 is 0. The number of nitrogens with zero attached hydrogens (tertiary/aromatic N) is 4. The van der Waals surface area contributed by atoms with Gasteiger partial charge in [-0.05, 0) is 24.6 Å². The molecule has 0 bridgehead atoms. The van der Waals surface area contributed by atoms with Crippen molar-refractivity contribution in [1.29, 1.82) is 0 Å². The molecule has 0 unspecified atom stereocenters. The smallest absolute Gasteiger partial charge is 0.284 e. The van der Waals surface area contributed by atoms with Crippen LogP contribution in [0.25, 0.3) is 0 Å². The molecule has 0 aromatic heterocycles. The molecule has 1 aromatic carbocycles. The first-order valence-corrected chi connectivity index (χ1v) is 10.6. The van der Waals surface area contributed by atoms with Crippen molar-refractivity contribution in [2.24, 2.45) is 14.6 Å². The molecule has 1 saturated heterocycles. The molecule has 8 nitrogen and oxygen atoms in total. The number of amides is 1. The van der Waals surface area contributed by atoms with Crippen LogP contribution in [0.3, 0.4) is 0 Å². The number of anilines is 1. The van der Waals surface area contributed by atoms with Crippen LogP contribution < -0.4 is 5.32 Å². The molecule has 28 heavy (non-hydrogen) atoms. The van der Waals surface area contributed by atoms with Crippen molar-refractivity contribution >= 4 is 27.5 Å². The Hall–Kier alpha value is -2.73. The molecular formula is C19H23N5O3S. The van der Waals surface area contributed by atoms with E-state index < -0.39 is 15.7 Å². The summed E-state index contributed by atoms with van der Waals surface area (Å²) < 4.78 is 29.1. The summed E-state index contributed by atoms with van der Waals surface area (Å²) in [5.41, 5.74) is -0.105. The van der Waals surface area contributed by atoms with E-state index in [9.17, 15) is 13.2 Å². The number of carbonyl (C=O) groups excluding carboxylic acids is 1. The molecule has 2 heterocycles. The quantitative estimate of drug-likeness (QED) is 0.676. The normalized spacial score (nSPS) is 18.9. The number of sulfonamides is 1. The van der Waals surface area contributed by atoms with Gasteiger partial charge in [-0.2, -0.15) is 18.6 Å². The average Bonchev–Trinajstić information content (AvgIpc) is 3.34. The summed E-state index contributed by atoms with van der Waals surface area (Å²) in [6.07, 6.45) is 8.70. The Morgan fingerprint density at radius 1 is 1.39 bits per heavy atom. The molecule has 0 atom stereocenters. The predicted octanol–water partition coefficient (Wildman–Crippen LogP) is 2.79. The van der Waals surface area contributed by atoms with E-state index in [1.54, 1.807) is 12.1 Å². The SMILES string of the molecule is C#CCCC1(CCC(=O)Nc2cccc(S(=O)(=O)/N=C3\CCCN3C)c2)N=N1. The third kappa shape index (κ3) is 4.95. The molecule has 2 aliphatic heterocycles. The van der Waals surface area contributed by atoms with Gasteiger partial charge in [-0.25, -0.2) is 0 Å². The van der Waals surface area contributed by atoms with Gasteiger partial charge in [-0.3, -0.25) is 4.79 Å². The molecule has 1 aromatic rings. The highest BCUT2D eigenvalue weighted by Crippen LogP contribution is 2.37. The summed E-state index contributed by atoms with van der Waals surface area (Å²) in [4.78, 5) is 14.1. The lowest BCUT2D eigenvalue weighted by Gasteiger charge is -2.12. The van der Waals surface area contributed by atoms with Gasteiger partial charge in [0, 0.05) is 51.4 Å². The Morgan fingerprint density at radius 2 is 2.18 bits per heavy atom. The molecule has 2 aliphatic rings. The van der Waals surface area contributed by atoms with Crippen molar-refractivity contribution in [3.05, 3.63) is 24.3 Å². The highest BCUT2D eigenvalue weighted by Gasteiger charge is 2.39. The number of likely N-dealkylation sites (tertiary alicyclic amines) is 1. The molecule has 0 aliphatic carbocycles. The number of nitrogens with one attached hydrogen (secondary N) is 1. The van der Waals surface area contributed by atoms with E-state index in [1.807, 2.05) is 11.9 Å². The number of carbonyl (C=O) groups is 1. The van der Waals surface area contributed by atoms with Crippen molar-refractivity contribution in [1.82, 2.24) is 4.90 Å². The number of hydrogen-bond acceptors (Lipinski definition) is 5. The van der Waals surface area contributed by atoms with Gasteiger partial charge in [-0.15, -0.1) is 16.7 Å². The van der Waals surface area contributed by atoms with Crippen molar-refractivity contribution in [3.63, 3.8) is 0 Å². The van der Waals surface area contributed by atoms with E-state index in [1.165, 1.54) is 12.1 Å². The van der Waals surface area contributed by atoms with Gasteiger partial charge < -0.3 is 10.2 Å². The third-order valence-corrected chi connectivity index (χ3v) is 6.08. The van der Waals surface area contributed by atoms with Crippen LogP contribution in [0.1, 0.15) is 38.5 Å². The summed E-state index contributed by atoms with van der Waals surface area (Å²) in [5.74, 6) is 2.88. The van der Waals surface area contributed by atoms with Crippen LogP contribution in [0.15, 0.2) is 43.8 Å². The lowest BCUT2D eigenvalue weighted by atomic mass is 10.0. The molecule has 9 heteroatoms. The topological polar surface area (TPSA) is 104 Å². The van der Waals surface area contributed by atoms with Crippen LogP contribution in [-0.2, 0) is 14.8 Å². The van der Waals surface area contributed by atoms with Gasteiger partial charge in [-0.1, -0.05) is 6.07 Å². The van der Waals surface area contributed by atoms with Crippen LogP contribution in [0.4, 0.5) is 5.69 Å². The Bertz CT molecular complexity index is 956. The molecule has 1 fully saturated rings. The van der Waals surface area contributed by atoms with E-state index in [0.717, 1.165) is 13.0 Å². The maximum absolute atomic E-state index is 12.6. The maximum atomic E-state index is 12.6. The average molecular weight is 401 g/mol. The second kappa shape index (κ2) is 8.10. The van der Waals surface area contributed by atoms with Gasteiger partial charge in [0.2, 0.25) is 5.91 Å². The van der Waals surface area contributed by atoms with E-state index in [2.05, 4.69) is 25.9 Å². The zero-order chi connectivity index (χ0) is 20.2. The van der Waals surface area contributed by atoms with E-state index >= 15 is 0 Å². The molecule has 148 valence electrons. The van der Waals surface area contributed by atoms with Gasteiger partial charge in [0.15, 0.2) is 5.66 Å². The Kier molecular flexibility index (Phi) is 5.79. The number of terminal acetylenes is 1. The molecule has 0 radical (unpaired) electrons. The fraction of sp³-hybridized carbons (Fsp3) is 0.474. The number of rotatable bonds is 8. The highest BCUT2D eigenvalue weighted by molar-refractivity contribution is 7.90.